The largest absolute Gasteiger partial charge is 0.394 e. The van der Waals surface area contributed by atoms with E-state index in [1.54, 1.807) is 0 Å². The molecule has 11 heteroatoms. The molecular formula is C12H24N2O9. The van der Waals surface area contributed by atoms with Crippen molar-refractivity contribution in [2.24, 2.45) is 11.5 Å². The summed E-state index contributed by atoms with van der Waals surface area (Å²) in [7, 11) is 0. The molecule has 10 N–H and O–H groups in total. The summed E-state index contributed by atoms with van der Waals surface area (Å²) < 4.78 is 15.8. The lowest BCUT2D eigenvalue weighted by atomic mass is 9.95. The van der Waals surface area contributed by atoms with Crippen molar-refractivity contribution in [3.63, 3.8) is 0 Å². The van der Waals surface area contributed by atoms with E-state index in [1.165, 1.54) is 0 Å². The fraction of sp³-hybridized carbons (Fsp3) is 1.00. The van der Waals surface area contributed by atoms with Crippen LogP contribution in [0.1, 0.15) is 0 Å². The van der Waals surface area contributed by atoms with Gasteiger partial charge in [0.25, 0.3) is 0 Å². The van der Waals surface area contributed by atoms with Gasteiger partial charge in [0, 0.05) is 0 Å². The van der Waals surface area contributed by atoms with Crippen LogP contribution in [0.2, 0.25) is 0 Å². The van der Waals surface area contributed by atoms with E-state index in [-0.39, 0.29) is 0 Å². The molecule has 0 aromatic rings. The van der Waals surface area contributed by atoms with Gasteiger partial charge in [0.05, 0.1) is 25.3 Å². The molecule has 2 aliphatic rings. The van der Waals surface area contributed by atoms with E-state index >= 15 is 0 Å². The van der Waals surface area contributed by atoms with Crippen molar-refractivity contribution in [1.29, 1.82) is 0 Å². The minimum atomic E-state index is -1.49. The molecule has 23 heavy (non-hydrogen) atoms. The number of nitrogens with two attached hydrogens (primary N) is 2. The number of aliphatic hydroxyl groups is 6. The second kappa shape index (κ2) is 7.63. The summed E-state index contributed by atoms with van der Waals surface area (Å²) >= 11 is 0. The van der Waals surface area contributed by atoms with Crippen LogP contribution >= 0.6 is 0 Å². The summed E-state index contributed by atoms with van der Waals surface area (Å²) in [6, 6.07) is -2.37. The normalized spacial score (nSPS) is 51.7. The van der Waals surface area contributed by atoms with Gasteiger partial charge in [0.1, 0.15) is 36.6 Å². The topological polar surface area (TPSA) is 201 Å². The van der Waals surface area contributed by atoms with Crippen LogP contribution in [0.15, 0.2) is 0 Å². The molecule has 0 unspecified atom stereocenters. The average Bonchev–Trinajstić information content (AvgIpc) is 2.55. The minimum Gasteiger partial charge on any atom is -0.394 e. The molecule has 136 valence electrons. The average molecular weight is 340 g/mol. The maximum atomic E-state index is 10.1. The number of ether oxygens (including phenoxy) is 3. The summed E-state index contributed by atoms with van der Waals surface area (Å²) in [5.41, 5.74) is 11.3. The highest BCUT2D eigenvalue weighted by Gasteiger charge is 2.49. The predicted molar refractivity (Wildman–Crippen MR) is 72.6 cm³/mol. The summed E-state index contributed by atoms with van der Waals surface area (Å²) in [5.74, 6) is 0. The summed E-state index contributed by atoms with van der Waals surface area (Å²) in [5, 5.41) is 57.7. The van der Waals surface area contributed by atoms with Crippen molar-refractivity contribution < 1.29 is 44.8 Å². The van der Waals surface area contributed by atoms with Crippen LogP contribution in [0, 0.1) is 0 Å². The lowest BCUT2D eigenvalue weighted by Gasteiger charge is -2.45. The molecule has 0 aromatic heterocycles. The first-order valence-electron chi connectivity index (χ1n) is 7.23. The maximum Gasteiger partial charge on any atom is 0.176 e. The van der Waals surface area contributed by atoms with Gasteiger partial charge in [-0.2, -0.15) is 0 Å². The SMILES string of the molecule is N[C@@H]1[C@H](O[C@H]2[C@H](O)[C@H](N)[C@@H](O)O[C@@H]2CO)O[C@H](CO)[C@@H](O)[C@@H]1O. The quantitative estimate of drug-likeness (QED) is 0.242. The molecule has 0 radical (unpaired) electrons. The van der Waals surface area contributed by atoms with Crippen LogP contribution in [-0.2, 0) is 14.2 Å². The molecule has 0 aromatic carbocycles. The number of hydrogen-bond acceptors (Lipinski definition) is 11. The third kappa shape index (κ3) is 3.65. The fourth-order valence-corrected chi connectivity index (χ4v) is 2.65. The van der Waals surface area contributed by atoms with Gasteiger partial charge in [-0.15, -0.1) is 0 Å². The van der Waals surface area contributed by atoms with Crippen LogP contribution in [-0.4, -0.2) is 105 Å². The molecule has 2 fully saturated rings. The van der Waals surface area contributed by atoms with Gasteiger partial charge in [-0.3, -0.25) is 0 Å². The third-order valence-electron chi connectivity index (χ3n) is 4.14. The first-order chi connectivity index (χ1) is 10.8. The van der Waals surface area contributed by atoms with Crippen LogP contribution < -0.4 is 11.5 Å². The Labute approximate surface area is 132 Å². The Kier molecular flexibility index (Phi) is 6.27. The standard InChI is InChI=1S/C12H24N2O9/c13-5-9(19)10(4(2-16)21-11(5)20)23-12-6(14)8(18)7(17)3(1-15)22-12/h3-12,15-20H,1-2,13-14H2/t3-,4-,5+,6+,7-,8-,9-,10-,11+,12+/m1/s1. The van der Waals surface area contributed by atoms with Crippen molar-refractivity contribution in [1.82, 2.24) is 0 Å². The van der Waals surface area contributed by atoms with Crippen LogP contribution in [0.4, 0.5) is 0 Å². The van der Waals surface area contributed by atoms with E-state index in [4.69, 9.17) is 30.8 Å². The Bertz CT molecular complexity index is 386. The van der Waals surface area contributed by atoms with E-state index in [0.717, 1.165) is 0 Å². The highest BCUT2D eigenvalue weighted by molar-refractivity contribution is 4.95. The third-order valence-corrected chi connectivity index (χ3v) is 4.14. The molecular weight excluding hydrogens is 316 g/mol. The molecule has 0 amide bonds. The van der Waals surface area contributed by atoms with Crippen LogP contribution in [0.5, 0.6) is 0 Å². The van der Waals surface area contributed by atoms with Crippen molar-refractivity contribution in [2.45, 2.75) is 61.3 Å². The molecule has 2 heterocycles. The van der Waals surface area contributed by atoms with Gasteiger partial charge in [-0.05, 0) is 0 Å². The van der Waals surface area contributed by atoms with Crippen molar-refractivity contribution >= 4 is 0 Å². The molecule has 0 spiro atoms. The lowest BCUT2D eigenvalue weighted by molar-refractivity contribution is -0.324. The molecule has 10 atom stereocenters. The molecule has 0 aliphatic carbocycles. The Hall–Kier alpha value is -0.440. The zero-order chi connectivity index (χ0) is 17.3. The van der Waals surface area contributed by atoms with Gasteiger partial charge < -0.3 is 56.3 Å². The molecule has 0 bridgehead atoms. The first kappa shape index (κ1) is 18.9. The van der Waals surface area contributed by atoms with Crippen molar-refractivity contribution in [3.05, 3.63) is 0 Å². The van der Waals surface area contributed by atoms with E-state index in [1.807, 2.05) is 0 Å². The summed E-state index contributed by atoms with van der Waals surface area (Å²) in [6.07, 6.45) is -10.5. The van der Waals surface area contributed by atoms with Gasteiger partial charge >= 0.3 is 0 Å². The Morgan fingerprint density at radius 1 is 0.783 bits per heavy atom. The highest BCUT2D eigenvalue weighted by atomic mass is 16.7. The molecule has 2 rings (SSSR count). The van der Waals surface area contributed by atoms with E-state index in [2.05, 4.69) is 0 Å². The zero-order valence-electron chi connectivity index (χ0n) is 12.3. The van der Waals surface area contributed by atoms with Gasteiger partial charge in [0.2, 0.25) is 0 Å². The van der Waals surface area contributed by atoms with Crippen LogP contribution in [0.3, 0.4) is 0 Å². The second-order valence-electron chi connectivity index (χ2n) is 5.70. The number of rotatable bonds is 4. The number of hydrogen-bond donors (Lipinski definition) is 8. The van der Waals surface area contributed by atoms with E-state index < -0.39 is 74.5 Å². The predicted octanol–water partition coefficient (Wildman–Crippen LogP) is -5.46. The highest BCUT2D eigenvalue weighted by Crippen LogP contribution is 2.27. The van der Waals surface area contributed by atoms with E-state index in [9.17, 15) is 25.5 Å². The van der Waals surface area contributed by atoms with Gasteiger partial charge in [-0.25, -0.2) is 0 Å². The van der Waals surface area contributed by atoms with Gasteiger partial charge in [-0.1, -0.05) is 0 Å². The summed E-state index contributed by atoms with van der Waals surface area (Å²) in [4.78, 5) is 0. The summed E-state index contributed by atoms with van der Waals surface area (Å²) in [6.45, 7) is -1.17. The second-order valence-corrected chi connectivity index (χ2v) is 5.70. The Morgan fingerprint density at radius 2 is 1.39 bits per heavy atom. The minimum absolute atomic E-state index is 0.581. The molecule has 2 aliphatic heterocycles. The fourth-order valence-electron chi connectivity index (χ4n) is 2.65. The van der Waals surface area contributed by atoms with E-state index in [0.29, 0.717) is 0 Å². The molecule has 11 nitrogen and oxygen atoms in total. The van der Waals surface area contributed by atoms with Gasteiger partial charge in [0.15, 0.2) is 12.6 Å². The van der Waals surface area contributed by atoms with Crippen molar-refractivity contribution in [2.75, 3.05) is 13.2 Å². The number of aliphatic hydroxyl groups excluding tert-OH is 6. The molecule has 0 saturated carbocycles. The first-order valence-corrected chi connectivity index (χ1v) is 7.23. The maximum absolute atomic E-state index is 10.1. The Balaban J connectivity index is 2.11. The lowest BCUT2D eigenvalue weighted by Crippen LogP contribution is -2.67. The zero-order valence-corrected chi connectivity index (χ0v) is 12.3. The monoisotopic (exact) mass is 340 g/mol. The molecule has 2 saturated heterocycles. The van der Waals surface area contributed by atoms with Crippen LogP contribution in [0.25, 0.3) is 0 Å². The Morgan fingerprint density at radius 3 is 1.96 bits per heavy atom. The van der Waals surface area contributed by atoms with Crippen molar-refractivity contribution in [3.8, 4) is 0 Å². The smallest absolute Gasteiger partial charge is 0.176 e.